The average molecular weight is 817 g/mol. The maximum Gasteiger partial charge on any atom is 0.0850 e. The molecule has 6 aromatic carbocycles. The van der Waals surface area contributed by atoms with E-state index in [-0.39, 0.29) is 10.8 Å². The van der Waals surface area contributed by atoms with Gasteiger partial charge < -0.3 is 18.9 Å². The molecule has 4 unspecified atom stereocenters. The lowest BCUT2D eigenvalue weighted by Gasteiger charge is -2.63. The van der Waals surface area contributed by atoms with E-state index in [2.05, 4.69) is 133 Å². The van der Waals surface area contributed by atoms with Crippen molar-refractivity contribution >= 4 is 0 Å². The molecule has 4 atom stereocenters. The summed E-state index contributed by atoms with van der Waals surface area (Å²) < 4.78 is 23.2. The minimum absolute atomic E-state index is 0.0939. The highest BCUT2D eigenvalue weighted by molar-refractivity contribution is 5.82. The van der Waals surface area contributed by atoms with E-state index in [1.165, 1.54) is 105 Å². The Labute approximate surface area is 366 Å². The number of rotatable bonds is 14. The Morgan fingerprint density at radius 2 is 0.694 bits per heavy atom. The van der Waals surface area contributed by atoms with E-state index >= 15 is 0 Å². The number of hydrogen-bond acceptors (Lipinski definition) is 4. The molecule has 62 heavy (non-hydrogen) atoms. The lowest BCUT2D eigenvalue weighted by molar-refractivity contribution is -0.0276. The summed E-state index contributed by atoms with van der Waals surface area (Å²) in [5, 5.41) is 0. The fourth-order valence-corrected chi connectivity index (χ4v) is 13.3. The maximum absolute atomic E-state index is 5.87. The van der Waals surface area contributed by atoms with Gasteiger partial charge in [-0.3, -0.25) is 0 Å². The van der Waals surface area contributed by atoms with E-state index in [0.29, 0.717) is 36.3 Å². The highest BCUT2D eigenvalue weighted by Gasteiger charge is 2.59. The Morgan fingerprint density at radius 3 is 1.05 bits per heavy atom. The van der Waals surface area contributed by atoms with Crippen molar-refractivity contribution in [2.45, 2.75) is 99.5 Å². The van der Waals surface area contributed by atoms with Crippen molar-refractivity contribution in [3.8, 4) is 44.5 Å². The summed E-state index contributed by atoms with van der Waals surface area (Å²) in [6, 6.07) is 51.9. The van der Waals surface area contributed by atoms with Crippen molar-refractivity contribution in [3.05, 3.63) is 167 Å². The van der Waals surface area contributed by atoms with Crippen LogP contribution < -0.4 is 0 Å². The van der Waals surface area contributed by atoms with E-state index in [1.807, 2.05) is 0 Å². The van der Waals surface area contributed by atoms with E-state index in [1.54, 1.807) is 11.1 Å². The van der Waals surface area contributed by atoms with Crippen molar-refractivity contribution in [1.82, 2.24) is 0 Å². The Balaban J connectivity index is 0.966. The smallest absolute Gasteiger partial charge is 0.0850 e. The minimum Gasteiger partial charge on any atom is -0.373 e. The van der Waals surface area contributed by atoms with Crippen molar-refractivity contribution in [1.29, 1.82) is 0 Å². The molecule has 0 N–H and O–H groups in total. The molecule has 4 bridgehead atoms. The Kier molecular flexibility index (Phi) is 9.05. The van der Waals surface area contributed by atoms with E-state index in [0.717, 1.165) is 52.1 Å². The molecular formula is C58H56O4. The molecule has 0 amide bonds. The molecule has 8 fully saturated rings. The molecule has 0 aromatic heterocycles. The summed E-state index contributed by atoms with van der Waals surface area (Å²) in [4.78, 5) is 0. The third-order valence-electron chi connectivity index (χ3n) is 15.9. The van der Waals surface area contributed by atoms with Crippen LogP contribution in [0, 0.1) is 11.8 Å². The molecule has 8 aliphatic rings. The van der Waals surface area contributed by atoms with Gasteiger partial charge in [0.25, 0.3) is 0 Å². The fraction of sp³-hybridized carbons (Fsp3) is 0.379. The summed E-state index contributed by atoms with van der Waals surface area (Å²) >= 11 is 0. The zero-order chi connectivity index (χ0) is 40.8. The van der Waals surface area contributed by atoms with Crippen LogP contribution in [0.3, 0.4) is 0 Å². The predicted molar refractivity (Wildman–Crippen MR) is 246 cm³/mol. The molecule has 312 valence electrons. The summed E-state index contributed by atoms with van der Waals surface area (Å²) in [7, 11) is 0. The molecule has 4 nitrogen and oxygen atoms in total. The van der Waals surface area contributed by atoms with Gasteiger partial charge in [0.05, 0.1) is 50.8 Å². The quantitative estimate of drug-likeness (QED) is 0.103. The number of benzene rings is 6. The molecule has 0 radical (unpaired) electrons. The van der Waals surface area contributed by atoms with E-state index in [4.69, 9.17) is 18.9 Å². The second-order valence-electron chi connectivity index (χ2n) is 20.3. The standard InChI is InChI=1S/C58H56O4/c1-5-13-49(39(9-1)22-45-32-59-45)43-17-19-55(53(26-43)51-15-7-3-11-41(51)24-47-34-61-47)57-28-37-21-38(29-57)31-58(30-37,36-57)56-20-18-44(50-14-6-2-10-40(50)23-46-33-60-46)27-54(56)52-16-8-4-12-42(52)25-48-35-62-48/h1-20,26-27,37-38,45-48H,21-25,28-36H2. The van der Waals surface area contributed by atoms with Crippen molar-refractivity contribution in [2.24, 2.45) is 11.8 Å². The lowest BCUT2D eigenvalue weighted by Crippen LogP contribution is -2.56. The Morgan fingerprint density at radius 1 is 0.371 bits per heavy atom. The molecule has 4 heterocycles. The largest absolute Gasteiger partial charge is 0.373 e. The highest BCUT2D eigenvalue weighted by Crippen LogP contribution is 2.68. The topological polar surface area (TPSA) is 50.1 Å². The van der Waals surface area contributed by atoms with Gasteiger partial charge in [-0.2, -0.15) is 0 Å². The first kappa shape index (κ1) is 37.7. The van der Waals surface area contributed by atoms with Gasteiger partial charge >= 0.3 is 0 Å². The summed E-state index contributed by atoms with van der Waals surface area (Å²) in [5.41, 5.74) is 19.9. The van der Waals surface area contributed by atoms with Crippen LogP contribution >= 0.6 is 0 Å². The molecule has 0 spiro atoms. The summed E-state index contributed by atoms with van der Waals surface area (Å²) in [6.45, 7) is 3.48. The van der Waals surface area contributed by atoms with Gasteiger partial charge in [0.2, 0.25) is 0 Å². The van der Waals surface area contributed by atoms with Crippen molar-refractivity contribution in [2.75, 3.05) is 26.4 Å². The zero-order valence-corrected chi connectivity index (χ0v) is 35.7. The molecule has 14 rings (SSSR count). The van der Waals surface area contributed by atoms with E-state index in [9.17, 15) is 0 Å². The third kappa shape index (κ3) is 7.08. The van der Waals surface area contributed by atoms with Gasteiger partial charge in [-0.25, -0.2) is 0 Å². The molecule has 4 aliphatic carbocycles. The fourth-order valence-electron chi connectivity index (χ4n) is 13.3. The number of epoxide rings is 4. The van der Waals surface area contributed by atoms with Gasteiger partial charge in [-0.1, -0.05) is 121 Å². The molecule has 4 saturated heterocycles. The second-order valence-corrected chi connectivity index (χ2v) is 20.3. The van der Waals surface area contributed by atoms with Crippen LogP contribution in [-0.4, -0.2) is 50.8 Å². The Hall–Kier alpha value is -4.84. The van der Waals surface area contributed by atoms with Crippen LogP contribution in [0.15, 0.2) is 133 Å². The second kappa shape index (κ2) is 14.9. The predicted octanol–water partition coefficient (Wildman–Crippen LogP) is 11.9. The molecular weight excluding hydrogens is 761 g/mol. The van der Waals surface area contributed by atoms with Crippen LogP contribution in [0.1, 0.15) is 71.9 Å². The average Bonchev–Trinajstić information content (AvgIpc) is 4.05. The van der Waals surface area contributed by atoms with Crippen LogP contribution in [0.5, 0.6) is 0 Å². The monoisotopic (exact) mass is 816 g/mol. The Bertz CT molecular complexity index is 2480. The van der Waals surface area contributed by atoms with Crippen LogP contribution in [0.2, 0.25) is 0 Å². The molecule has 4 heteroatoms. The normalized spacial score (nSPS) is 29.7. The molecule has 6 aromatic rings. The lowest BCUT2D eigenvalue weighted by atomic mass is 9.41. The van der Waals surface area contributed by atoms with Gasteiger partial charge in [0, 0.05) is 25.7 Å². The summed E-state index contributed by atoms with van der Waals surface area (Å²) in [6.07, 6.45) is 12.9. The first-order chi connectivity index (χ1) is 30.5. The zero-order valence-electron chi connectivity index (χ0n) is 35.7. The molecule has 4 aliphatic heterocycles. The van der Waals surface area contributed by atoms with Crippen LogP contribution in [0.4, 0.5) is 0 Å². The first-order valence-corrected chi connectivity index (χ1v) is 23.6. The van der Waals surface area contributed by atoms with Crippen molar-refractivity contribution < 1.29 is 18.9 Å². The minimum atomic E-state index is 0.0939. The van der Waals surface area contributed by atoms with Gasteiger partial charge in [-0.15, -0.1) is 0 Å². The van der Waals surface area contributed by atoms with Crippen molar-refractivity contribution in [3.63, 3.8) is 0 Å². The number of hydrogen-bond donors (Lipinski definition) is 0. The van der Waals surface area contributed by atoms with E-state index < -0.39 is 0 Å². The molecule has 4 saturated carbocycles. The highest BCUT2D eigenvalue weighted by atomic mass is 16.6. The SMILES string of the molecule is c1ccc(-c2ccc(C34CC5CC(C3)CC(c3ccc(-c6ccccc6CC6CO6)cc3-c3ccccc3CC3CO3)(C5)C4)c(-c3ccccc3CC3CO3)c2)c(CC2CO2)c1. The van der Waals surface area contributed by atoms with Gasteiger partial charge in [0.15, 0.2) is 0 Å². The number of ether oxygens (including phenoxy) is 4. The van der Waals surface area contributed by atoms with Gasteiger partial charge in [-0.05, 0) is 151 Å². The first-order valence-electron chi connectivity index (χ1n) is 23.6. The van der Waals surface area contributed by atoms with Crippen LogP contribution in [0.25, 0.3) is 44.5 Å². The summed E-state index contributed by atoms with van der Waals surface area (Å²) in [5.74, 6) is 1.42. The third-order valence-corrected chi connectivity index (χ3v) is 15.9. The van der Waals surface area contributed by atoms with Gasteiger partial charge in [0.1, 0.15) is 0 Å². The maximum atomic E-state index is 5.87. The van der Waals surface area contributed by atoms with Crippen LogP contribution in [-0.2, 0) is 55.5 Å².